The van der Waals surface area contributed by atoms with E-state index >= 15 is 0 Å². The van der Waals surface area contributed by atoms with E-state index in [1.165, 1.54) is 0 Å². The lowest BCUT2D eigenvalue weighted by Crippen LogP contribution is -2.19. The zero-order valence-corrected chi connectivity index (χ0v) is 11.5. The highest BCUT2D eigenvalue weighted by molar-refractivity contribution is 5.86. The maximum atomic E-state index is 9.49. The van der Waals surface area contributed by atoms with Crippen molar-refractivity contribution in [3.63, 3.8) is 0 Å². The summed E-state index contributed by atoms with van der Waals surface area (Å²) in [5.41, 5.74) is 2.08. The Morgan fingerprint density at radius 2 is 1.90 bits per heavy atom. The van der Waals surface area contributed by atoms with Crippen LogP contribution in [0.4, 0.5) is 0 Å². The molecule has 0 radical (unpaired) electrons. The van der Waals surface area contributed by atoms with Gasteiger partial charge in [0.05, 0.1) is 6.07 Å². The van der Waals surface area contributed by atoms with Crippen LogP contribution in [0.1, 0.15) is 17.2 Å². The fourth-order valence-electron chi connectivity index (χ4n) is 2.45. The fraction of sp³-hybridized carbons (Fsp3) is 0.111. The number of nitriles is 1. The van der Waals surface area contributed by atoms with Gasteiger partial charge < -0.3 is 0 Å². The van der Waals surface area contributed by atoms with E-state index < -0.39 is 0 Å². The molecule has 0 spiro atoms. The lowest BCUT2D eigenvalue weighted by molar-refractivity contribution is 0.632. The number of hydrogen-bond acceptors (Lipinski definition) is 3. The highest BCUT2D eigenvalue weighted by Gasteiger charge is 2.12. The minimum Gasteiger partial charge on any atom is -0.294 e. The van der Waals surface area contributed by atoms with E-state index in [0.29, 0.717) is 6.54 Å². The number of pyridine rings is 1. The maximum absolute atomic E-state index is 9.49. The van der Waals surface area contributed by atoms with Gasteiger partial charge in [-0.15, -0.1) is 0 Å². The molecule has 1 unspecified atom stereocenters. The molecule has 0 aliphatic heterocycles. The highest BCUT2D eigenvalue weighted by Crippen LogP contribution is 2.24. The van der Waals surface area contributed by atoms with Crippen molar-refractivity contribution >= 4 is 10.8 Å². The second-order valence-electron chi connectivity index (χ2n) is 4.87. The Balaban J connectivity index is 1.87. The van der Waals surface area contributed by atoms with E-state index in [2.05, 4.69) is 34.6 Å². The monoisotopic (exact) mass is 273 g/mol. The molecule has 1 aromatic heterocycles. The second kappa shape index (κ2) is 6.17. The Hall–Kier alpha value is -2.70. The van der Waals surface area contributed by atoms with Gasteiger partial charge in [-0.1, -0.05) is 48.5 Å². The van der Waals surface area contributed by atoms with Gasteiger partial charge in [-0.3, -0.25) is 10.3 Å². The Kier molecular flexibility index (Phi) is 3.90. The molecule has 3 aromatic rings. The number of fused-ring (bicyclic) bond motifs is 1. The van der Waals surface area contributed by atoms with Crippen molar-refractivity contribution in [1.29, 1.82) is 5.26 Å². The predicted molar refractivity (Wildman–Crippen MR) is 83.4 cm³/mol. The lowest BCUT2D eigenvalue weighted by Gasteiger charge is -2.14. The SMILES string of the molecule is N#CC(NCc1cccnc1)c1cccc2ccccc12. The van der Waals surface area contributed by atoms with Crippen LogP contribution in [-0.4, -0.2) is 4.98 Å². The summed E-state index contributed by atoms with van der Waals surface area (Å²) in [6, 6.07) is 20.1. The Bertz CT molecular complexity index is 770. The Labute approximate surface area is 123 Å². The minimum atomic E-state index is -0.337. The van der Waals surface area contributed by atoms with E-state index in [4.69, 9.17) is 0 Å². The molecular weight excluding hydrogens is 258 g/mol. The van der Waals surface area contributed by atoms with Crippen LogP contribution in [0.2, 0.25) is 0 Å². The molecule has 2 aromatic carbocycles. The number of rotatable bonds is 4. The van der Waals surface area contributed by atoms with Crippen LogP contribution in [0.3, 0.4) is 0 Å². The topological polar surface area (TPSA) is 48.7 Å². The third-order valence-corrected chi connectivity index (χ3v) is 3.50. The van der Waals surface area contributed by atoms with Crippen molar-refractivity contribution in [3.8, 4) is 6.07 Å². The summed E-state index contributed by atoms with van der Waals surface area (Å²) in [4.78, 5) is 4.09. The standard InChI is InChI=1S/C18H15N3/c19-11-18(21-13-14-5-4-10-20-12-14)17-9-3-7-15-6-1-2-8-16(15)17/h1-10,12,18,21H,13H2. The van der Waals surface area contributed by atoms with Gasteiger partial charge in [-0.2, -0.15) is 5.26 Å². The molecule has 0 aliphatic rings. The molecule has 21 heavy (non-hydrogen) atoms. The van der Waals surface area contributed by atoms with Crippen LogP contribution < -0.4 is 5.32 Å². The second-order valence-corrected chi connectivity index (χ2v) is 4.87. The molecule has 3 nitrogen and oxygen atoms in total. The van der Waals surface area contributed by atoms with E-state index in [0.717, 1.165) is 21.9 Å². The van der Waals surface area contributed by atoms with Crippen molar-refractivity contribution in [2.45, 2.75) is 12.6 Å². The molecule has 0 saturated carbocycles. The van der Waals surface area contributed by atoms with Crippen molar-refractivity contribution in [3.05, 3.63) is 78.1 Å². The van der Waals surface area contributed by atoms with E-state index in [1.807, 2.05) is 42.6 Å². The largest absolute Gasteiger partial charge is 0.294 e. The summed E-state index contributed by atoms with van der Waals surface area (Å²) in [6.45, 7) is 0.620. The summed E-state index contributed by atoms with van der Waals surface area (Å²) in [7, 11) is 0. The molecule has 3 rings (SSSR count). The molecule has 0 aliphatic carbocycles. The predicted octanol–water partition coefficient (Wildman–Crippen LogP) is 3.59. The van der Waals surface area contributed by atoms with Gasteiger partial charge in [0.2, 0.25) is 0 Å². The van der Waals surface area contributed by atoms with Crippen LogP contribution in [0.15, 0.2) is 67.0 Å². The van der Waals surface area contributed by atoms with Gasteiger partial charge in [0.25, 0.3) is 0 Å². The molecule has 0 amide bonds. The fourth-order valence-corrected chi connectivity index (χ4v) is 2.45. The smallest absolute Gasteiger partial charge is 0.122 e. The molecular formula is C18H15N3. The Morgan fingerprint density at radius 1 is 1.05 bits per heavy atom. The van der Waals surface area contributed by atoms with Gasteiger partial charge in [-0.25, -0.2) is 0 Å². The van der Waals surface area contributed by atoms with E-state index in [-0.39, 0.29) is 6.04 Å². The average molecular weight is 273 g/mol. The lowest BCUT2D eigenvalue weighted by atomic mass is 9.99. The van der Waals surface area contributed by atoms with E-state index in [9.17, 15) is 5.26 Å². The molecule has 1 atom stereocenters. The summed E-state index contributed by atoms with van der Waals surface area (Å²) >= 11 is 0. The molecule has 0 bridgehead atoms. The zero-order valence-electron chi connectivity index (χ0n) is 11.5. The molecule has 102 valence electrons. The van der Waals surface area contributed by atoms with Crippen molar-refractivity contribution < 1.29 is 0 Å². The summed E-state index contributed by atoms with van der Waals surface area (Å²) in [6.07, 6.45) is 3.56. The van der Waals surface area contributed by atoms with Gasteiger partial charge in [-0.05, 0) is 28.0 Å². The Morgan fingerprint density at radius 3 is 2.71 bits per heavy atom. The van der Waals surface area contributed by atoms with Crippen LogP contribution in [-0.2, 0) is 6.54 Å². The zero-order chi connectivity index (χ0) is 14.5. The molecule has 3 heteroatoms. The normalized spacial score (nSPS) is 12.0. The van der Waals surface area contributed by atoms with Crippen molar-refractivity contribution in [2.75, 3.05) is 0 Å². The summed E-state index contributed by atoms with van der Waals surface area (Å²) in [5, 5.41) is 15.0. The van der Waals surface area contributed by atoms with Gasteiger partial charge in [0.15, 0.2) is 0 Å². The summed E-state index contributed by atoms with van der Waals surface area (Å²) < 4.78 is 0. The average Bonchev–Trinajstić information content (AvgIpc) is 2.56. The van der Waals surface area contributed by atoms with Crippen LogP contribution in [0, 0.1) is 11.3 Å². The number of benzene rings is 2. The first kappa shape index (κ1) is 13.3. The van der Waals surface area contributed by atoms with Crippen LogP contribution >= 0.6 is 0 Å². The number of aromatic nitrogens is 1. The molecule has 0 saturated heterocycles. The van der Waals surface area contributed by atoms with Gasteiger partial charge >= 0.3 is 0 Å². The van der Waals surface area contributed by atoms with E-state index in [1.54, 1.807) is 6.20 Å². The third kappa shape index (κ3) is 2.91. The molecule has 1 N–H and O–H groups in total. The van der Waals surface area contributed by atoms with Crippen LogP contribution in [0.25, 0.3) is 10.8 Å². The van der Waals surface area contributed by atoms with Crippen LogP contribution in [0.5, 0.6) is 0 Å². The molecule has 0 fully saturated rings. The quantitative estimate of drug-likeness (QED) is 0.790. The highest BCUT2D eigenvalue weighted by atomic mass is 14.9. The summed E-state index contributed by atoms with van der Waals surface area (Å²) in [5.74, 6) is 0. The van der Waals surface area contributed by atoms with Gasteiger partial charge in [0, 0.05) is 18.9 Å². The third-order valence-electron chi connectivity index (χ3n) is 3.50. The van der Waals surface area contributed by atoms with Crippen molar-refractivity contribution in [1.82, 2.24) is 10.3 Å². The van der Waals surface area contributed by atoms with Gasteiger partial charge in [0.1, 0.15) is 6.04 Å². The number of nitrogens with one attached hydrogen (secondary N) is 1. The maximum Gasteiger partial charge on any atom is 0.122 e. The number of nitrogens with zero attached hydrogens (tertiary/aromatic N) is 2. The first-order valence-electron chi connectivity index (χ1n) is 6.88. The number of hydrogen-bond donors (Lipinski definition) is 1. The minimum absolute atomic E-state index is 0.337. The van der Waals surface area contributed by atoms with Crippen molar-refractivity contribution in [2.24, 2.45) is 0 Å². The molecule has 1 heterocycles. The first-order chi connectivity index (χ1) is 10.4. The first-order valence-corrected chi connectivity index (χ1v) is 6.88.